The molecular formula is C8H10FIS. The molecule has 1 aromatic heterocycles. The summed E-state index contributed by atoms with van der Waals surface area (Å²) in [5.41, 5.74) is 0.760. The van der Waals surface area contributed by atoms with Gasteiger partial charge in [-0.15, -0.1) is 0 Å². The molecule has 0 aliphatic heterocycles. The normalized spacial score (nSPS) is 12.1. The highest BCUT2D eigenvalue weighted by molar-refractivity contribution is 14.1. The zero-order valence-electron chi connectivity index (χ0n) is 6.74. The second-order valence-corrected chi connectivity index (χ2v) is 6.38. The summed E-state index contributed by atoms with van der Waals surface area (Å²) in [6.07, 6.45) is 0. The van der Waals surface area contributed by atoms with E-state index in [9.17, 15) is 4.39 Å². The molecule has 1 heterocycles. The van der Waals surface area contributed by atoms with Crippen LogP contribution in [0, 0.1) is 8.01 Å². The first-order valence-electron chi connectivity index (χ1n) is 3.36. The Kier molecular flexibility index (Phi) is 2.59. The van der Waals surface area contributed by atoms with Crippen molar-refractivity contribution < 1.29 is 4.39 Å². The Labute approximate surface area is 84.0 Å². The summed E-state index contributed by atoms with van der Waals surface area (Å²) in [7, 11) is 0. The standard InChI is InChI=1S/C8H10FIS/c1-8(2,3)5-4-6(10)11-7(5)9/h4H,1-3H3. The third-order valence-corrected chi connectivity index (χ3v) is 3.15. The largest absolute Gasteiger partial charge is 0.195 e. The van der Waals surface area contributed by atoms with Crippen molar-refractivity contribution in [3.8, 4) is 0 Å². The van der Waals surface area contributed by atoms with Crippen molar-refractivity contribution in [3.63, 3.8) is 0 Å². The van der Waals surface area contributed by atoms with Crippen LogP contribution in [0.5, 0.6) is 0 Å². The molecular weight excluding hydrogens is 274 g/mol. The second-order valence-electron chi connectivity index (χ2n) is 3.49. The van der Waals surface area contributed by atoms with E-state index in [0.717, 1.165) is 8.45 Å². The fourth-order valence-corrected chi connectivity index (χ4v) is 2.57. The molecule has 0 saturated heterocycles. The first-order chi connectivity index (χ1) is 4.91. The van der Waals surface area contributed by atoms with Crippen LogP contribution in [0.4, 0.5) is 4.39 Å². The lowest BCUT2D eigenvalue weighted by Crippen LogP contribution is -2.11. The molecule has 0 unspecified atom stereocenters. The van der Waals surface area contributed by atoms with Gasteiger partial charge in [0.15, 0.2) is 5.13 Å². The lowest BCUT2D eigenvalue weighted by atomic mass is 9.89. The molecule has 3 heteroatoms. The van der Waals surface area contributed by atoms with Crippen LogP contribution in [-0.4, -0.2) is 0 Å². The van der Waals surface area contributed by atoms with Gasteiger partial charge >= 0.3 is 0 Å². The average Bonchev–Trinajstić information content (AvgIpc) is 2.08. The zero-order chi connectivity index (χ0) is 8.65. The molecule has 0 spiro atoms. The van der Waals surface area contributed by atoms with Crippen molar-refractivity contribution in [3.05, 3.63) is 19.6 Å². The van der Waals surface area contributed by atoms with Gasteiger partial charge in [-0.25, -0.2) is 0 Å². The van der Waals surface area contributed by atoms with E-state index >= 15 is 0 Å². The highest BCUT2D eigenvalue weighted by atomic mass is 127. The molecule has 0 radical (unpaired) electrons. The number of hydrogen-bond acceptors (Lipinski definition) is 1. The van der Waals surface area contributed by atoms with Crippen LogP contribution in [0.3, 0.4) is 0 Å². The number of halogens is 2. The van der Waals surface area contributed by atoms with Crippen molar-refractivity contribution in [2.24, 2.45) is 0 Å². The topological polar surface area (TPSA) is 0 Å². The fourth-order valence-electron chi connectivity index (χ4n) is 0.852. The van der Waals surface area contributed by atoms with Crippen LogP contribution >= 0.6 is 33.9 Å². The van der Waals surface area contributed by atoms with E-state index in [4.69, 9.17) is 0 Å². The predicted molar refractivity (Wildman–Crippen MR) is 55.7 cm³/mol. The van der Waals surface area contributed by atoms with Crippen molar-refractivity contribution in [1.29, 1.82) is 0 Å². The maximum Gasteiger partial charge on any atom is 0.181 e. The molecule has 0 aliphatic carbocycles. The van der Waals surface area contributed by atoms with Gasteiger partial charge in [-0.2, -0.15) is 4.39 Å². The summed E-state index contributed by atoms with van der Waals surface area (Å²) in [6.45, 7) is 6.07. The summed E-state index contributed by atoms with van der Waals surface area (Å²) >= 11 is 3.36. The van der Waals surface area contributed by atoms with Crippen molar-refractivity contribution in [2.45, 2.75) is 26.2 Å². The molecule has 0 amide bonds. The highest BCUT2D eigenvalue weighted by Gasteiger charge is 2.20. The smallest absolute Gasteiger partial charge is 0.181 e. The number of thiophene rings is 1. The molecule has 1 rings (SSSR count). The Morgan fingerprint density at radius 3 is 2.18 bits per heavy atom. The molecule has 0 N–H and O–H groups in total. The SMILES string of the molecule is CC(C)(C)c1cc(I)sc1F. The maximum atomic E-state index is 13.1. The van der Waals surface area contributed by atoms with E-state index in [2.05, 4.69) is 22.6 Å². The summed E-state index contributed by atoms with van der Waals surface area (Å²) in [6, 6.07) is 1.92. The van der Waals surface area contributed by atoms with Gasteiger partial charge in [-0.1, -0.05) is 32.1 Å². The van der Waals surface area contributed by atoms with Gasteiger partial charge in [0.2, 0.25) is 0 Å². The van der Waals surface area contributed by atoms with E-state index in [0.29, 0.717) is 0 Å². The first-order valence-corrected chi connectivity index (χ1v) is 5.26. The summed E-state index contributed by atoms with van der Waals surface area (Å²) < 4.78 is 14.1. The third-order valence-electron chi connectivity index (χ3n) is 1.46. The summed E-state index contributed by atoms with van der Waals surface area (Å²) in [5, 5.41) is -0.0399. The second kappa shape index (κ2) is 3.01. The van der Waals surface area contributed by atoms with Gasteiger partial charge in [-0.3, -0.25) is 0 Å². The van der Waals surface area contributed by atoms with Crippen LogP contribution < -0.4 is 0 Å². The molecule has 0 nitrogen and oxygen atoms in total. The Morgan fingerprint density at radius 2 is 2.00 bits per heavy atom. The van der Waals surface area contributed by atoms with E-state index in [1.807, 2.05) is 26.8 Å². The average molecular weight is 284 g/mol. The van der Waals surface area contributed by atoms with Crippen molar-refractivity contribution in [1.82, 2.24) is 0 Å². The van der Waals surface area contributed by atoms with Gasteiger partial charge in [0.05, 0.1) is 2.88 Å². The number of rotatable bonds is 0. The van der Waals surface area contributed by atoms with Crippen LogP contribution in [-0.2, 0) is 5.41 Å². The predicted octanol–water partition coefficient (Wildman–Crippen LogP) is 3.79. The van der Waals surface area contributed by atoms with E-state index in [1.165, 1.54) is 11.3 Å². The molecule has 62 valence electrons. The zero-order valence-corrected chi connectivity index (χ0v) is 9.72. The maximum absolute atomic E-state index is 13.1. The van der Waals surface area contributed by atoms with Gasteiger partial charge in [0.1, 0.15) is 0 Å². The van der Waals surface area contributed by atoms with E-state index < -0.39 is 0 Å². The summed E-state index contributed by atoms with van der Waals surface area (Å²) in [4.78, 5) is 0. The molecule has 1 aromatic rings. The minimum atomic E-state index is -0.0655. The Morgan fingerprint density at radius 1 is 1.45 bits per heavy atom. The first kappa shape index (κ1) is 9.45. The van der Waals surface area contributed by atoms with Crippen molar-refractivity contribution >= 4 is 33.9 Å². The van der Waals surface area contributed by atoms with E-state index in [-0.39, 0.29) is 10.5 Å². The van der Waals surface area contributed by atoms with Crippen LogP contribution in [0.25, 0.3) is 0 Å². The molecule has 0 bridgehead atoms. The Balaban J connectivity index is 3.13. The molecule has 11 heavy (non-hydrogen) atoms. The lowest BCUT2D eigenvalue weighted by Gasteiger charge is -2.16. The van der Waals surface area contributed by atoms with E-state index in [1.54, 1.807) is 0 Å². The molecule has 0 aromatic carbocycles. The van der Waals surface area contributed by atoms with Crippen molar-refractivity contribution in [2.75, 3.05) is 0 Å². The third kappa shape index (κ3) is 2.15. The van der Waals surface area contributed by atoms with Crippen LogP contribution in [0.2, 0.25) is 0 Å². The Bertz CT molecular complexity index is 260. The lowest BCUT2D eigenvalue weighted by molar-refractivity contribution is 0.539. The van der Waals surface area contributed by atoms with Gasteiger partial charge in [0, 0.05) is 5.56 Å². The minimum Gasteiger partial charge on any atom is -0.195 e. The van der Waals surface area contributed by atoms with Gasteiger partial charge in [0.25, 0.3) is 0 Å². The summed E-state index contributed by atoms with van der Waals surface area (Å²) in [5.74, 6) is 0. The highest BCUT2D eigenvalue weighted by Crippen LogP contribution is 2.31. The molecule has 0 atom stereocenters. The monoisotopic (exact) mass is 284 g/mol. The van der Waals surface area contributed by atoms with Gasteiger partial charge < -0.3 is 0 Å². The Hall–Kier alpha value is 0.360. The fraction of sp³-hybridized carbons (Fsp3) is 0.500. The van der Waals surface area contributed by atoms with Gasteiger partial charge in [-0.05, 0) is 34.1 Å². The van der Waals surface area contributed by atoms with Crippen LogP contribution in [0.15, 0.2) is 6.07 Å². The minimum absolute atomic E-state index is 0.0399. The van der Waals surface area contributed by atoms with Crippen LogP contribution in [0.1, 0.15) is 26.3 Å². The molecule has 0 aliphatic rings. The number of hydrogen-bond donors (Lipinski definition) is 0. The molecule has 0 saturated carbocycles. The molecule has 0 fully saturated rings. The quantitative estimate of drug-likeness (QED) is 0.636.